The number of fused-ring (bicyclic) bond motifs is 1. The third-order valence-electron chi connectivity index (χ3n) is 7.64. The molecule has 0 aromatic carbocycles. The molecule has 0 aromatic heterocycles. The van der Waals surface area contributed by atoms with Gasteiger partial charge in [0.25, 0.3) is 0 Å². The van der Waals surface area contributed by atoms with E-state index in [9.17, 15) is 9.59 Å². The number of carbonyl (C=O) groups excluding carboxylic acids is 2. The fourth-order valence-corrected chi connectivity index (χ4v) is 5.42. The summed E-state index contributed by atoms with van der Waals surface area (Å²) in [6.45, 7) is 8.10. The average Bonchev–Trinajstić information content (AvgIpc) is 3.31. The third kappa shape index (κ3) is 5.54. The zero-order valence-corrected chi connectivity index (χ0v) is 20.6. The number of carbonyl (C=O) groups is 2. The lowest BCUT2D eigenvalue weighted by Gasteiger charge is -2.39. The summed E-state index contributed by atoms with van der Waals surface area (Å²) in [5, 5.41) is 12.0. The smallest absolute Gasteiger partial charge is 0.235 e. The number of hydrogen-bond acceptors (Lipinski definition) is 8. The molecule has 5 atom stereocenters. The Kier molecular flexibility index (Phi) is 7.10. The van der Waals surface area contributed by atoms with E-state index in [4.69, 9.17) is 4.99 Å². The van der Waals surface area contributed by atoms with Gasteiger partial charge in [-0.1, -0.05) is 19.1 Å². The fourth-order valence-electron chi connectivity index (χ4n) is 5.42. The van der Waals surface area contributed by atoms with Gasteiger partial charge in [0.15, 0.2) is 0 Å². The van der Waals surface area contributed by atoms with Crippen LogP contribution in [0.3, 0.4) is 0 Å². The number of piperazine rings is 1. The molecular formula is C25H36N8O2. The van der Waals surface area contributed by atoms with Crippen molar-refractivity contribution in [2.24, 2.45) is 26.9 Å². The molecule has 2 saturated heterocycles. The van der Waals surface area contributed by atoms with Gasteiger partial charge in [0.2, 0.25) is 11.8 Å². The summed E-state index contributed by atoms with van der Waals surface area (Å²) in [7, 11) is 1.86. The van der Waals surface area contributed by atoms with Crippen molar-refractivity contribution in [3.8, 4) is 0 Å². The standard InChI is InChI=1S/C25H36N8O2/c1-3-18-11-21-22(29-24(18)34)10-17(12-26-21)15-32-6-8-33(9-7-32)20-4-5-23(27-14-20)30-25(35)19-13-28-31(2)16-19/h4-5,10,12-13,18-22H,3,6-9,11,14-16H2,1-2H3,(H,29,34)(H,27,30,35). The maximum atomic E-state index is 12.4. The summed E-state index contributed by atoms with van der Waals surface area (Å²) in [6, 6.07) is 0.477. The van der Waals surface area contributed by atoms with Gasteiger partial charge in [0, 0.05) is 64.2 Å². The summed E-state index contributed by atoms with van der Waals surface area (Å²) in [5.74, 6) is 0.611. The van der Waals surface area contributed by atoms with Gasteiger partial charge in [-0.05, 0) is 24.5 Å². The maximum absolute atomic E-state index is 12.4. The number of dihydropyridines is 2. The van der Waals surface area contributed by atoms with Crippen molar-refractivity contribution in [1.82, 2.24) is 25.4 Å². The predicted octanol–water partition coefficient (Wildman–Crippen LogP) is -0.101. The molecule has 2 amide bonds. The molecule has 10 nitrogen and oxygen atoms in total. The second-order valence-electron chi connectivity index (χ2n) is 10.1. The number of aliphatic imine (C=N–C) groups is 2. The number of piperidine rings is 1. The highest BCUT2D eigenvalue weighted by molar-refractivity contribution is 6.09. The number of nitrogens with zero attached hydrogens (tertiary/aromatic N) is 6. The van der Waals surface area contributed by atoms with Crippen molar-refractivity contribution in [2.45, 2.75) is 37.9 Å². The van der Waals surface area contributed by atoms with E-state index in [2.05, 4.69) is 49.6 Å². The minimum absolute atomic E-state index is 0.0355. The van der Waals surface area contributed by atoms with E-state index < -0.39 is 0 Å². The normalized spacial score (nSPS) is 33.3. The Labute approximate surface area is 206 Å². The van der Waals surface area contributed by atoms with Crippen LogP contribution in [0.2, 0.25) is 0 Å². The molecule has 0 spiro atoms. The Morgan fingerprint density at radius 1 is 1.26 bits per heavy atom. The summed E-state index contributed by atoms with van der Waals surface area (Å²) < 4.78 is 0. The van der Waals surface area contributed by atoms with Crippen molar-refractivity contribution in [3.63, 3.8) is 0 Å². The molecule has 2 fully saturated rings. The Bertz CT molecular complexity index is 978. The second kappa shape index (κ2) is 10.4. The van der Waals surface area contributed by atoms with Gasteiger partial charge in [0.05, 0.1) is 31.1 Å². The third-order valence-corrected chi connectivity index (χ3v) is 7.64. The van der Waals surface area contributed by atoms with Crippen LogP contribution in [0.5, 0.6) is 0 Å². The highest BCUT2D eigenvalue weighted by atomic mass is 16.2. The van der Waals surface area contributed by atoms with E-state index in [1.165, 1.54) is 5.57 Å². The average molecular weight is 481 g/mol. The maximum Gasteiger partial charge on any atom is 0.235 e. The molecule has 0 saturated carbocycles. The summed E-state index contributed by atoms with van der Waals surface area (Å²) in [4.78, 5) is 38.9. The van der Waals surface area contributed by atoms with Crippen LogP contribution in [0.4, 0.5) is 0 Å². The molecule has 188 valence electrons. The lowest BCUT2D eigenvalue weighted by Crippen LogP contribution is -2.53. The van der Waals surface area contributed by atoms with Crippen molar-refractivity contribution in [2.75, 3.05) is 52.9 Å². The first-order valence-corrected chi connectivity index (χ1v) is 12.8. The Morgan fingerprint density at radius 2 is 2.09 bits per heavy atom. The molecule has 10 heteroatoms. The van der Waals surface area contributed by atoms with Gasteiger partial charge in [-0.3, -0.25) is 34.4 Å². The molecule has 0 bridgehead atoms. The van der Waals surface area contributed by atoms with Crippen molar-refractivity contribution in [3.05, 3.63) is 23.8 Å². The lowest BCUT2D eigenvalue weighted by molar-refractivity contribution is -0.127. The zero-order valence-electron chi connectivity index (χ0n) is 20.6. The van der Waals surface area contributed by atoms with E-state index in [0.29, 0.717) is 18.9 Å². The Morgan fingerprint density at radius 3 is 2.77 bits per heavy atom. The number of amides is 2. The molecule has 5 heterocycles. The second-order valence-corrected chi connectivity index (χ2v) is 10.1. The molecule has 5 rings (SSSR count). The van der Waals surface area contributed by atoms with Crippen LogP contribution in [0.15, 0.2) is 38.9 Å². The first-order valence-electron chi connectivity index (χ1n) is 12.8. The van der Waals surface area contributed by atoms with Crippen LogP contribution in [0.25, 0.3) is 0 Å². The van der Waals surface area contributed by atoms with Gasteiger partial charge in [-0.25, -0.2) is 0 Å². The minimum atomic E-state index is -0.222. The summed E-state index contributed by atoms with van der Waals surface area (Å²) in [6.07, 6.45) is 11.7. The van der Waals surface area contributed by atoms with Crippen LogP contribution in [-0.2, 0) is 9.59 Å². The van der Waals surface area contributed by atoms with Gasteiger partial charge < -0.3 is 10.6 Å². The summed E-state index contributed by atoms with van der Waals surface area (Å²) >= 11 is 0. The highest BCUT2D eigenvalue weighted by Crippen LogP contribution is 2.25. The quantitative estimate of drug-likeness (QED) is 0.572. The molecule has 5 aliphatic heterocycles. The first kappa shape index (κ1) is 23.9. The van der Waals surface area contributed by atoms with Crippen LogP contribution in [-0.4, -0.2) is 116 Å². The van der Waals surface area contributed by atoms with Crippen LogP contribution < -0.4 is 10.6 Å². The lowest BCUT2D eigenvalue weighted by atomic mass is 9.86. The molecule has 0 aliphatic carbocycles. The SMILES string of the molecule is CCC1CC2N=CC(CN3CCN(C4C=CC(NC(=O)C5C=NN(C)C5)=NC4)CC3)=CC2NC1=O. The van der Waals surface area contributed by atoms with E-state index in [1.807, 2.05) is 19.3 Å². The Balaban J connectivity index is 1.06. The number of amidine groups is 1. The molecule has 5 unspecified atom stereocenters. The molecule has 2 N–H and O–H groups in total. The largest absolute Gasteiger partial charge is 0.347 e. The van der Waals surface area contributed by atoms with Crippen molar-refractivity contribution >= 4 is 30.1 Å². The number of hydrazone groups is 1. The van der Waals surface area contributed by atoms with Crippen LogP contribution >= 0.6 is 0 Å². The van der Waals surface area contributed by atoms with Gasteiger partial charge in [0.1, 0.15) is 5.84 Å². The first-order chi connectivity index (χ1) is 17.0. The highest BCUT2D eigenvalue weighted by Gasteiger charge is 2.35. The predicted molar refractivity (Wildman–Crippen MR) is 137 cm³/mol. The van der Waals surface area contributed by atoms with E-state index in [-0.39, 0.29) is 41.8 Å². The van der Waals surface area contributed by atoms with E-state index >= 15 is 0 Å². The monoisotopic (exact) mass is 480 g/mol. The number of rotatable bonds is 5. The molecular weight excluding hydrogens is 444 g/mol. The van der Waals surface area contributed by atoms with E-state index in [0.717, 1.165) is 45.6 Å². The molecule has 5 aliphatic rings. The molecule has 0 radical (unpaired) electrons. The number of nitrogens with one attached hydrogen (secondary N) is 2. The van der Waals surface area contributed by atoms with Gasteiger partial charge >= 0.3 is 0 Å². The topological polar surface area (TPSA) is 105 Å². The van der Waals surface area contributed by atoms with Gasteiger partial charge in [-0.15, -0.1) is 0 Å². The van der Waals surface area contributed by atoms with Crippen molar-refractivity contribution < 1.29 is 9.59 Å². The van der Waals surface area contributed by atoms with Crippen LogP contribution in [0.1, 0.15) is 19.8 Å². The summed E-state index contributed by atoms with van der Waals surface area (Å²) in [5.41, 5.74) is 1.19. The molecule has 0 aromatic rings. The molecule has 35 heavy (non-hydrogen) atoms. The van der Waals surface area contributed by atoms with Crippen molar-refractivity contribution in [1.29, 1.82) is 0 Å². The van der Waals surface area contributed by atoms with Crippen LogP contribution in [0, 0.1) is 11.8 Å². The van der Waals surface area contributed by atoms with Gasteiger partial charge in [-0.2, -0.15) is 5.10 Å². The Hall–Kier alpha value is -2.85. The number of hydrogen-bond donors (Lipinski definition) is 2. The fraction of sp³-hybridized carbons (Fsp3) is 0.640. The van der Waals surface area contributed by atoms with E-state index in [1.54, 1.807) is 11.2 Å². The minimum Gasteiger partial charge on any atom is -0.347 e. The zero-order chi connectivity index (χ0) is 24.4.